The summed E-state index contributed by atoms with van der Waals surface area (Å²) in [5, 5.41) is 0.474. The van der Waals surface area contributed by atoms with Crippen LogP contribution in [-0.4, -0.2) is 11.6 Å². The maximum absolute atomic E-state index is 12.0. The molecule has 0 aliphatic heterocycles. The fourth-order valence-corrected chi connectivity index (χ4v) is 2.15. The number of halogens is 1. The highest BCUT2D eigenvalue weighted by atomic mass is 35.5. The van der Waals surface area contributed by atoms with Crippen LogP contribution in [0.4, 0.5) is 0 Å². The molecule has 1 unspecified atom stereocenters. The van der Waals surface area contributed by atoms with Gasteiger partial charge in [0.2, 0.25) is 0 Å². The summed E-state index contributed by atoms with van der Waals surface area (Å²) < 4.78 is 0. The van der Waals surface area contributed by atoms with Crippen molar-refractivity contribution in [3.8, 4) is 0 Å². The molecule has 0 spiro atoms. The van der Waals surface area contributed by atoms with Crippen molar-refractivity contribution in [2.45, 2.75) is 19.3 Å². The first-order chi connectivity index (χ1) is 7.18. The Morgan fingerprint density at radius 2 is 2.07 bits per heavy atom. The van der Waals surface area contributed by atoms with Crippen molar-refractivity contribution in [2.24, 2.45) is 5.92 Å². The number of ketones is 2. The molecular weight excluding hydrogens is 212 g/mol. The molecule has 0 N–H and O–H groups in total. The molecule has 1 aliphatic rings. The molecule has 2 rings (SSSR count). The molecule has 0 bridgehead atoms. The van der Waals surface area contributed by atoms with E-state index < -0.39 is 0 Å². The average Bonchev–Trinajstić information content (AvgIpc) is 2.65. The van der Waals surface area contributed by atoms with Gasteiger partial charge in [0.05, 0.1) is 5.02 Å². The van der Waals surface area contributed by atoms with Crippen LogP contribution in [-0.2, 0) is 4.79 Å². The Balaban J connectivity index is 2.21. The second kappa shape index (κ2) is 4.15. The van der Waals surface area contributed by atoms with Crippen LogP contribution >= 0.6 is 11.6 Å². The van der Waals surface area contributed by atoms with Gasteiger partial charge in [-0.15, -0.1) is 0 Å². The van der Waals surface area contributed by atoms with Crippen LogP contribution in [0.25, 0.3) is 0 Å². The van der Waals surface area contributed by atoms with Gasteiger partial charge in [-0.05, 0) is 18.6 Å². The van der Waals surface area contributed by atoms with Crippen LogP contribution in [0.3, 0.4) is 0 Å². The van der Waals surface area contributed by atoms with Crippen LogP contribution < -0.4 is 0 Å². The summed E-state index contributed by atoms with van der Waals surface area (Å²) in [5.74, 6) is 0.0317. The summed E-state index contributed by atoms with van der Waals surface area (Å²) in [6.07, 6.45) is 1.58. The first-order valence-corrected chi connectivity index (χ1v) is 5.36. The maximum Gasteiger partial charge on any atom is 0.167 e. The first-order valence-electron chi connectivity index (χ1n) is 4.99. The van der Waals surface area contributed by atoms with Gasteiger partial charge in [0, 0.05) is 24.3 Å². The molecule has 2 nitrogen and oxygen atoms in total. The SMILES string of the molecule is O=C1CCC(C(=O)c2ccccc2Cl)C1. The Kier molecular flexibility index (Phi) is 2.87. The highest BCUT2D eigenvalue weighted by molar-refractivity contribution is 6.34. The minimum Gasteiger partial charge on any atom is -0.300 e. The van der Waals surface area contributed by atoms with E-state index in [2.05, 4.69) is 0 Å². The predicted octanol–water partition coefficient (Wildman–Crippen LogP) is 2.89. The zero-order valence-corrected chi connectivity index (χ0v) is 8.96. The monoisotopic (exact) mass is 222 g/mol. The number of rotatable bonds is 2. The number of Topliss-reactive ketones (excluding diaryl/α,β-unsaturated/α-hetero) is 2. The van der Waals surface area contributed by atoms with Gasteiger partial charge in [-0.1, -0.05) is 23.7 Å². The Hall–Kier alpha value is -1.15. The number of hydrogen-bond donors (Lipinski definition) is 0. The van der Waals surface area contributed by atoms with Crippen LogP contribution in [0.2, 0.25) is 5.02 Å². The Morgan fingerprint density at radius 3 is 2.67 bits per heavy atom. The van der Waals surface area contributed by atoms with Crippen molar-refractivity contribution in [2.75, 3.05) is 0 Å². The average molecular weight is 223 g/mol. The molecule has 0 aromatic heterocycles. The Bertz CT molecular complexity index is 412. The molecule has 0 radical (unpaired) electrons. The van der Waals surface area contributed by atoms with E-state index in [1.807, 2.05) is 0 Å². The number of carbonyl (C=O) groups is 2. The fourth-order valence-electron chi connectivity index (χ4n) is 1.92. The van der Waals surface area contributed by atoms with E-state index in [4.69, 9.17) is 11.6 Å². The van der Waals surface area contributed by atoms with Gasteiger partial charge in [-0.25, -0.2) is 0 Å². The maximum atomic E-state index is 12.0. The largest absolute Gasteiger partial charge is 0.300 e. The van der Waals surface area contributed by atoms with Crippen molar-refractivity contribution in [3.63, 3.8) is 0 Å². The van der Waals surface area contributed by atoms with Crippen molar-refractivity contribution in [1.82, 2.24) is 0 Å². The van der Waals surface area contributed by atoms with E-state index in [9.17, 15) is 9.59 Å². The van der Waals surface area contributed by atoms with E-state index in [1.165, 1.54) is 0 Å². The van der Waals surface area contributed by atoms with Crippen LogP contribution in [0.5, 0.6) is 0 Å². The third-order valence-electron chi connectivity index (χ3n) is 2.76. The normalized spacial score (nSPS) is 20.6. The lowest BCUT2D eigenvalue weighted by atomic mass is 9.96. The first kappa shape index (κ1) is 10.4. The molecule has 3 heteroatoms. The third-order valence-corrected chi connectivity index (χ3v) is 3.09. The van der Waals surface area contributed by atoms with E-state index >= 15 is 0 Å². The van der Waals surface area contributed by atoms with E-state index in [1.54, 1.807) is 24.3 Å². The van der Waals surface area contributed by atoms with Crippen molar-refractivity contribution in [3.05, 3.63) is 34.9 Å². The summed E-state index contributed by atoms with van der Waals surface area (Å²) in [7, 11) is 0. The summed E-state index contributed by atoms with van der Waals surface area (Å²) in [4.78, 5) is 23.1. The Labute approximate surface area is 93.2 Å². The molecule has 1 saturated carbocycles. The molecule has 1 fully saturated rings. The number of hydrogen-bond acceptors (Lipinski definition) is 2. The second-order valence-electron chi connectivity index (χ2n) is 3.82. The topological polar surface area (TPSA) is 34.1 Å². The third kappa shape index (κ3) is 2.10. The molecule has 1 atom stereocenters. The highest BCUT2D eigenvalue weighted by Gasteiger charge is 2.29. The van der Waals surface area contributed by atoms with Crippen LogP contribution in [0.1, 0.15) is 29.6 Å². The lowest BCUT2D eigenvalue weighted by molar-refractivity contribution is -0.117. The van der Waals surface area contributed by atoms with Crippen molar-refractivity contribution < 1.29 is 9.59 Å². The molecule has 1 aromatic carbocycles. The summed E-state index contributed by atoms with van der Waals surface area (Å²) in [6.45, 7) is 0. The van der Waals surface area contributed by atoms with Gasteiger partial charge in [0.1, 0.15) is 5.78 Å². The molecule has 1 aromatic rings. The van der Waals surface area contributed by atoms with Crippen LogP contribution in [0, 0.1) is 5.92 Å². The smallest absolute Gasteiger partial charge is 0.167 e. The molecular formula is C12H11ClO2. The minimum atomic E-state index is -0.155. The predicted molar refractivity (Wildman–Crippen MR) is 58.1 cm³/mol. The summed E-state index contributed by atoms with van der Waals surface area (Å²) in [6, 6.07) is 6.99. The lowest BCUT2D eigenvalue weighted by Crippen LogP contribution is -2.12. The standard InChI is InChI=1S/C12H11ClO2/c13-11-4-2-1-3-10(11)12(15)8-5-6-9(14)7-8/h1-4,8H,5-7H2. The molecule has 0 saturated heterocycles. The van der Waals surface area contributed by atoms with Gasteiger partial charge in [0.25, 0.3) is 0 Å². The zero-order chi connectivity index (χ0) is 10.8. The summed E-state index contributed by atoms with van der Waals surface area (Å²) in [5.41, 5.74) is 0.541. The zero-order valence-electron chi connectivity index (χ0n) is 8.20. The second-order valence-corrected chi connectivity index (χ2v) is 4.23. The number of carbonyl (C=O) groups excluding carboxylic acids is 2. The molecule has 15 heavy (non-hydrogen) atoms. The molecule has 0 heterocycles. The molecule has 1 aliphatic carbocycles. The van der Waals surface area contributed by atoms with E-state index in [0.717, 1.165) is 0 Å². The lowest BCUT2D eigenvalue weighted by Gasteiger charge is -2.08. The van der Waals surface area contributed by atoms with Gasteiger partial charge >= 0.3 is 0 Å². The Morgan fingerprint density at radius 1 is 1.33 bits per heavy atom. The quantitative estimate of drug-likeness (QED) is 0.721. The highest BCUT2D eigenvalue weighted by Crippen LogP contribution is 2.28. The van der Waals surface area contributed by atoms with Crippen LogP contribution in [0.15, 0.2) is 24.3 Å². The molecule has 0 amide bonds. The minimum absolute atomic E-state index is 0.00597. The summed E-state index contributed by atoms with van der Waals surface area (Å²) >= 11 is 5.93. The molecule has 78 valence electrons. The van der Waals surface area contributed by atoms with Gasteiger partial charge in [0.15, 0.2) is 5.78 Å². The van der Waals surface area contributed by atoms with Crippen molar-refractivity contribution in [1.29, 1.82) is 0 Å². The van der Waals surface area contributed by atoms with Gasteiger partial charge < -0.3 is 0 Å². The van der Waals surface area contributed by atoms with Crippen molar-refractivity contribution >= 4 is 23.2 Å². The van der Waals surface area contributed by atoms with E-state index in [-0.39, 0.29) is 17.5 Å². The fraction of sp³-hybridized carbons (Fsp3) is 0.333. The van der Waals surface area contributed by atoms with Gasteiger partial charge in [-0.3, -0.25) is 9.59 Å². The van der Waals surface area contributed by atoms with E-state index in [0.29, 0.717) is 29.8 Å². The van der Waals surface area contributed by atoms with Gasteiger partial charge in [-0.2, -0.15) is 0 Å². The number of benzene rings is 1.